The second-order valence-corrected chi connectivity index (χ2v) is 16.6. The first-order chi connectivity index (χ1) is 28.0. The highest BCUT2D eigenvalue weighted by Gasteiger charge is 2.36. The molecule has 1 aliphatic heterocycles. The molecule has 1 heterocycles. The average Bonchev–Trinajstić information content (AvgIpc) is 3.20. The van der Waals surface area contributed by atoms with Crippen LogP contribution in [0.4, 0.5) is 0 Å². The van der Waals surface area contributed by atoms with Gasteiger partial charge in [-0.25, -0.2) is 4.79 Å². The van der Waals surface area contributed by atoms with E-state index >= 15 is 0 Å². The van der Waals surface area contributed by atoms with Gasteiger partial charge in [0.1, 0.15) is 29.9 Å². The lowest BCUT2D eigenvalue weighted by molar-refractivity contribution is -0.154. The van der Waals surface area contributed by atoms with Crippen molar-refractivity contribution in [1.82, 2.24) is 31.1 Å². The highest BCUT2D eigenvalue weighted by atomic mass is 16.5. The summed E-state index contributed by atoms with van der Waals surface area (Å²) in [5.74, 6) is -5.16. The smallest absolute Gasteiger partial charge is 0.334 e. The Bertz CT molecular complexity index is 1740. The number of nitrogens with two attached hydrogens (primary N) is 1. The molecule has 16 heteroatoms. The quantitative estimate of drug-likeness (QED) is 0.174. The number of esters is 1. The molecular formula is C44H69N7O9. The van der Waals surface area contributed by atoms with Crippen LogP contribution < -0.4 is 27.0 Å². The number of phenolic OH excluding ortho intramolecular Hbond substituents is 1. The molecule has 6 amide bonds. The van der Waals surface area contributed by atoms with Gasteiger partial charge >= 0.3 is 5.97 Å². The summed E-state index contributed by atoms with van der Waals surface area (Å²) in [6.07, 6.45) is 3.11. The average molecular weight is 840 g/mol. The number of nitrogens with zero attached hydrogens (tertiary/aromatic N) is 2. The Labute approximate surface area is 355 Å². The Kier molecular flexibility index (Phi) is 19.9. The summed E-state index contributed by atoms with van der Waals surface area (Å²) in [5.41, 5.74) is 8.28. The van der Waals surface area contributed by atoms with E-state index in [-0.39, 0.29) is 48.3 Å². The van der Waals surface area contributed by atoms with E-state index in [2.05, 4.69) is 21.3 Å². The summed E-state index contributed by atoms with van der Waals surface area (Å²) in [5, 5.41) is 21.0. The maximum Gasteiger partial charge on any atom is 0.334 e. The number of ether oxygens (including phenoxy) is 1. The molecule has 0 saturated carbocycles. The minimum atomic E-state index is -1.25. The number of allylic oxidation sites excluding steroid dienone is 1. The van der Waals surface area contributed by atoms with Crippen molar-refractivity contribution < 1.29 is 43.4 Å². The fraction of sp³-hybridized carbons (Fsp3) is 0.614. The summed E-state index contributed by atoms with van der Waals surface area (Å²) in [6.45, 7) is 17.0. The molecule has 1 aromatic carbocycles. The van der Waals surface area contributed by atoms with Crippen LogP contribution in [0.5, 0.6) is 5.75 Å². The van der Waals surface area contributed by atoms with Crippen molar-refractivity contribution in [3.63, 3.8) is 0 Å². The molecule has 1 aliphatic rings. The number of cyclic esters (lactones) is 1. The lowest BCUT2D eigenvalue weighted by Crippen LogP contribution is -2.58. The number of benzene rings is 1. The zero-order chi connectivity index (χ0) is 45.6. The number of hydrogen-bond acceptors (Lipinski definition) is 10. The third kappa shape index (κ3) is 14.8. The molecule has 1 aromatic rings. The molecule has 2 rings (SSSR count). The van der Waals surface area contributed by atoms with E-state index in [0.29, 0.717) is 12.0 Å². The maximum absolute atomic E-state index is 14.2. The van der Waals surface area contributed by atoms with Crippen molar-refractivity contribution in [3.05, 3.63) is 53.1 Å². The fourth-order valence-corrected chi connectivity index (χ4v) is 6.74. The highest BCUT2D eigenvalue weighted by Crippen LogP contribution is 2.20. The molecule has 9 atom stereocenters. The number of nitrogens with one attached hydrogen (secondary N) is 4. The molecule has 7 N–H and O–H groups in total. The molecule has 1 unspecified atom stereocenters. The lowest BCUT2D eigenvalue weighted by atomic mass is 9.87. The molecule has 0 spiro atoms. The molecule has 60 heavy (non-hydrogen) atoms. The maximum atomic E-state index is 14.2. The van der Waals surface area contributed by atoms with Crippen LogP contribution in [0.15, 0.2) is 47.6 Å². The third-order valence-corrected chi connectivity index (χ3v) is 11.2. The summed E-state index contributed by atoms with van der Waals surface area (Å²) in [6, 6.07) is 0.611. The van der Waals surface area contributed by atoms with E-state index in [4.69, 9.17) is 10.5 Å². The van der Waals surface area contributed by atoms with Gasteiger partial charge in [0.25, 0.3) is 5.91 Å². The van der Waals surface area contributed by atoms with Gasteiger partial charge in [0.2, 0.25) is 29.5 Å². The normalized spacial score (nSPS) is 28.5. The standard InChI is InChI=1S/C44H69N7O9/c1-13-25(5)37-28(8)33(45)20-15-27(7)44(59)60-35(21-24(3)4)40(55)47-30(10)42(57)51(12)34(22-31-16-18-32(52)19-17-31)43(58)50(11)23-36(53)48-38(26(6)14-2)41(56)46-29(9)39(54)49-37/h13,15-19,24,26,28-30,33-35,37-38,52H,14,20-23,45H2,1-12H3,(H,46,56)(H,47,55)(H,48,53)(H,49,54)/b25-13+,27-15+/t26?,28-,29+,30-,33-,34+,35+,37+,38-/m0/s1. The number of rotatable bonds is 7. The van der Waals surface area contributed by atoms with Gasteiger partial charge in [-0.1, -0.05) is 70.9 Å². The Balaban J connectivity index is 2.63. The minimum Gasteiger partial charge on any atom is -0.508 e. The Morgan fingerprint density at radius 2 is 1.50 bits per heavy atom. The number of carbonyl (C=O) groups is 7. The van der Waals surface area contributed by atoms with Gasteiger partial charge in [-0.15, -0.1) is 0 Å². The predicted octanol–water partition coefficient (Wildman–Crippen LogP) is 2.48. The first-order valence-electron chi connectivity index (χ1n) is 20.8. The van der Waals surface area contributed by atoms with Crippen LogP contribution in [-0.2, 0) is 44.7 Å². The van der Waals surface area contributed by atoms with Crippen molar-refractivity contribution in [2.24, 2.45) is 23.5 Å². The van der Waals surface area contributed by atoms with E-state index in [1.165, 1.54) is 45.0 Å². The predicted molar refractivity (Wildman–Crippen MR) is 229 cm³/mol. The van der Waals surface area contributed by atoms with Crippen LogP contribution in [-0.4, -0.2) is 119 Å². The first kappa shape index (κ1) is 50.9. The van der Waals surface area contributed by atoms with Gasteiger partial charge in [-0.2, -0.15) is 0 Å². The summed E-state index contributed by atoms with van der Waals surface area (Å²) >= 11 is 0. The van der Waals surface area contributed by atoms with Crippen LogP contribution >= 0.6 is 0 Å². The van der Waals surface area contributed by atoms with Crippen molar-refractivity contribution in [2.75, 3.05) is 20.6 Å². The largest absolute Gasteiger partial charge is 0.508 e. The number of aromatic hydroxyl groups is 1. The summed E-state index contributed by atoms with van der Waals surface area (Å²) < 4.78 is 5.71. The van der Waals surface area contributed by atoms with Gasteiger partial charge in [0, 0.05) is 32.1 Å². The number of likely N-dealkylation sites (N-methyl/N-ethyl adjacent to an activating group) is 2. The van der Waals surface area contributed by atoms with Crippen molar-refractivity contribution in [2.45, 2.75) is 137 Å². The van der Waals surface area contributed by atoms with Crippen LogP contribution in [0, 0.1) is 17.8 Å². The second kappa shape index (κ2) is 23.5. The third-order valence-electron chi connectivity index (χ3n) is 11.2. The lowest BCUT2D eigenvalue weighted by Gasteiger charge is -2.33. The number of phenols is 1. The van der Waals surface area contributed by atoms with Gasteiger partial charge in [0.05, 0.1) is 12.6 Å². The van der Waals surface area contributed by atoms with Crippen molar-refractivity contribution >= 4 is 41.4 Å². The summed E-state index contributed by atoms with van der Waals surface area (Å²) in [4.78, 5) is 98.3. The SMILES string of the molecule is C/C=C(\C)[C@H]1NC(=O)[C@@H](C)NC(=O)[C@H](C(C)CC)NC(=O)CN(C)C(=O)[C@@H](Cc2ccc(O)cc2)N(C)C(=O)[C@H](C)NC(=O)[C@@H](CC(C)C)OC(=O)/C(C)=C/C[C@H](N)[C@@H]1C. The highest BCUT2D eigenvalue weighted by molar-refractivity contribution is 5.96. The number of hydrogen-bond donors (Lipinski definition) is 6. The fourth-order valence-electron chi connectivity index (χ4n) is 6.74. The van der Waals surface area contributed by atoms with Crippen LogP contribution in [0.3, 0.4) is 0 Å². The molecule has 0 aliphatic carbocycles. The topological polar surface area (TPSA) is 230 Å². The van der Waals surface area contributed by atoms with Gasteiger partial charge in [0.15, 0.2) is 6.10 Å². The van der Waals surface area contributed by atoms with Gasteiger partial charge in [-0.3, -0.25) is 28.8 Å². The van der Waals surface area contributed by atoms with E-state index in [1.807, 2.05) is 47.6 Å². The molecule has 0 bridgehead atoms. The Morgan fingerprint density at radius 3 is 2.07 bits per heavy atom. The Hall–Kier alpha value is -5.25. The molecule has 0 saturated heterocycles. The van der Waals surface area contributed by atoms with Gasteiger partial charge in [-0.05, 0) is 82.9 Å². The number of carbonyl (C=O) groups excluding carboxylic acids is 7. The molecule has 16 nitrogen and oxygen atoms in total. The van der Waals surface area contributed by atoms with Crippen LogP contribution in [0.2, 0.25) is 0 Å². The van der Waals surface area contributed by atoms with E-state index in [9.17, 15) is 38.7 Å². The zero-order valence-electron chi connectivity index (χ0n) is 37.5. The van der Waals surface area contributed by atoms with E-state index in [0.717, 1.165) is 10.5 Å². The monoisotopic (exact) mass is 840 g/mol. The van der Waals surface area contributed by atoms with Crippen LogP contribution in [0.1, 0.15) is 94.1 Å². The van der Waals surface area contributed by atoms with Gasteiger partial charge < -0.3 is 46.6 Å². The number of amides is 6. The Morgan fingerprint density at radius 1 is 0.900 bits per heavy atom. The molecule has 0 radical (unpaired) electrons. The molecular weight excluding hydrogens is 771 g/mol. The van der Waals surface area contributed by atoms with Crippen molar-refractivity contribution in [3.8, 4) is 5.75 Å². The minimum absolute atomic E-state index is 0.00257. The molecule has 0 fully saturated rings. The summed E-state index contributed by atoms with van der Waals surface area (Å²) in [7, 11) is 2.80. The second-order valence-electron chi connectivity index (χ2n) is 16.6. The zero-order valence-corrected chi connectivity index (χ0v) is 37.5. The molecule has 0 aromatic heterocycles. The van der Waals surface area contributed by atoms with Crippen molar-refractivity contribution in [1.29, 1.82) is 0 Å². The first-order valence-corrected chi connectivity index (χ1v) is 20.8. The molecule has 334 valence electrons. The van der Waals surface area contributed by atoms with E-state index in [1.54, 1.807) is 32.1 Å². The van der Waals surface area contributed by atoms with Crippen LogP contribution in [0.25, 0.3) is 0 Å². The van der Waals surface area contributed by atoms with E-state index < -0.39 is 90.3 Å².